The van der Waals surface area contributed by atoms with Crippen molar-refractivity contribution in [1.29, 1.82) is 0 Å². The molecular formula is C24H30FNO4S. The number of hydrogen-bond donors (Lipinski definition) is 1. The van der Waals surface area contributed by atoms with E-state index >= 15 is 4.39 Å². The molecule has 1 amide bonds. The van der Waals surface area contributed by atoms with Gasteiger partial charge in [-0.05, 0) is 86.1 Å². The minimum atomic E-state index is -3.74. The van der Waals surface area contributed by atoms with Crippen molar-refractivity contribution in [3.05, 3.63) is 46.8 Å². The Morgan fingerprint density at radius 3 is 2.42 bits per heavy atom. The lowest BCUT2D eigenvalue weighted by molar-refractivity contribution is 0.0980. The molecule has 0 radical (unpaired) electrons. The molecule has 3 aliphatic rings. The van der Waals surface area contributed by atoms with Crippen LogP contribution in [-0.2, 0) is 10.0 Å². The Bertz CT molecular complexity index is 1030. The van der Waals surface area contributed by atoms with E-state index in [2.05, 4.69) is 4.72 Å². The zero-order valence-electron chi connectivity index (χ0n) is 18.1. The monoisotopic (exact) mass is 447 g/mol. The van der Waals surface area contributed by atoms with Gasteiger partial charge in [-0.1, -0.05) is 19.4 Å². The lowest BCUT2D eigenvalue weighted by Gasteiger charge is -2.35. The third-order valence-electron chi connectivity index (χ3n) is 6.62. The Labute approximate surface area is 183 Å². The summed E-state index contributed by atoms with van der Waals surface area (Å²) in [7, 11) is -3.74. The van der Waals surface area contributed by atoms with Gasteiger partial charge in [-0.15, -0.1) is 0 Å². The lowest BCUT2D eigenvalue weighted by Crippen LogP contribution is -2.31. The highest BCUT2D eigenvalue weighted by atomic mass is 32.2. The Hall–Kier alpha value is -2.15. The average Bonchev–Trinajstić information content (AvgIpc) is 3.15. The molecule has 7 heteroatoms. The number of nitrogens with one attached hydrogen (secondary N) is 1. The Balaban J connectivity index is 1.90. The van der Waals surface area contributed by atoms with Gasteiger partial charge in [0.25, 0.3) is 5.91 Å². The number of benzene rings is 1. The minimum Gasteiger partial charge on any atom is -0.490 e. The summed E-state index contributed by atoms with van der Waals surface area (Å²) in [5.41, 5.74) is 2.22. The van der Waals surface area contributed by atoms with Crippen molar-refractivity contribution in [2.24, 2.45) is 11.8 Å². The molecule has 2 fully saturated rings. The summed E-state index contributed by atoms with van der Waals surface area (Å²) in [6, 6.07) is 5.12. The van der Waals surface area contributed by atoms with Crippen molar-refractivity contribution in [2.75, 3.05) is 6.26 Å². The molecule has 5 nitrogen and oxygen atoms in total. The van der Waals surface area contributed by atoms with Gasteiger partial charge in [-0.25, -0.2) is 17.5 Å². The summed E-state index contributed by atoms with van der Waals surface area (Å²) in [5, 5.41) is 0. The van der Waals surface area contributed by atoms with E-state index < -0.39 is 15.9 Å². The van der Waals surface area contributed by atoms with E-state index in [1.807, 2.05) is 13.0 Å². The number of halogens is 1. The van der Waals surface area contributed by atoms with Gasteiger partial charge >= 0.3 is 0 Å². The van der Waals surface area contributed by atoms with Gasteiger partial charge in [0, 0.05) is 5.56 Å². The molecule has 0 aliphatic heterocycles. The highest BCUT2D eigenvalue weighted by Crippen LogP contribution is 2.49. The van der Waals surface area contributed by atoms with Crippen LogP contribution in [0.2, 0.25) is 0 Å². The van der Waals surface area contributed by atoms with Crippen LogP contribution in [0.3, 0.4) is 0 Å². The minimum absolute atomic E-state index is 0.00629. The van der Waals surface area contributed by atoms with Crippen molar-refractivity contribution in [1.82, 2.24) is 4.72 Å². The predicted molar refractivity (Wildman–Crippen MR) is 119 cm³/mol. The van der Waals surface area contributed by atoms with Gasteiger partial charge in [0.2, 0.25) is 10.0 Å². The van der Waals surface area contributed by atoms with E-state index in [-0.39, 0.29) is 29.3 Å². The SMILES string of the molecule is CC1CC=C(F)C(C2CCC2)=C1c1c(OC2CCCC2)cccc1C(=O)NS(C)(=O)=O. The Kier molecular flexibility index (Phi) is 6.24. The van der Waals surface area contributed by atoms with E-state index in [0.29, 0.717) is 23.3 Å². The van der Waals surface area contributed by atoms with E-state index in [9.17, 15) is 13.2 Å². The molecule has 1 unspecified atom stereocenters. The summed E-state index contributed by atoms with van der Waals surface area (Å²) >= 11 is 0. The molecule has 1 atom stereocenters. The third-order valence-corrected chi connectivity index (χ3v) is 7.17. The number of hydrogen-bond acceptors (Lipinski definition) is 4. The van der Waals surface area contributed by atoms with Crippen LogP contribution in [0.4, 0.5) is 4.39 Å². The van der Waals surface area contributed by atoms with Crippen molar-refractivity contribution in [3.63, 3.8) is 0 Å². The molecule has 0 bridgehead atoms. The predicted octanol–water partition coefficient (Wildman–Crippen LogP) is 5.14. The number of carbonyl (C=O) groups is 1. The van der Waals surface area contributed by atoms with Crippen LogP contribution in [0.25, 0.3) is 5.57 Å². The Morgan fingerprint density at radius 1 is 1.10 bits per heavy atom. The number of rotatable bonds is 6. The fourth-order valence-electron chi connectivity index (χ4n) is 4.90. The standard InChI is InChI=1S/C24H30FNO4S/c1-15-13-14-19(25)22(16-7-5-8-16)21(15)23-18(24(27)26-31(2,28)29)11-6-12-20(23)30-17-9-3-4-10-17/h6,11-12,14-17H,3-5,7-10,13H2,1-2H3,(H,26,27). The number of amides is 1. The highest BCUT2D eigenvalue weighted by Gasteiger charge is 2.35. The van der Waals surface area contributed by atoms with Gasteiger partial charge in [-0.2, -0.15) is 0 Å². The molecule has 168 valence electrons. The zero-order chi connectivity index (χ0) is 22.2. The van der Waals surface area contributed by atoms with Crippen LogP contribution in [0.15, 0.2) is 35.7 Å². The van der Waals surface area contributed by atoms with E-state index in [1.54, 1.807) is 18.2 Å². The van der Waals surface area contributed by atoms with E-state index in [1.165, 1.54) is 0 Å². The molecule has 3 aliphatic carbocycles. The fraction of sp³-hybridized carbons (Fsp3) is 0.542. The first-order valence-corrected chi connectivity index (χ1v) is 13.1. The average molecular weight is 448 g/mol. The van der Waals surface area contributed by atoms with Crippen molar-refractivity contribution < 1.29 is 22.3 Å². The summed E-state index contributed by atoms with van der Waals surface area (Å²) in [6.07, 6.45) is 10.1. The Morgan fingerprint density at radius 2 is 1.81 bits per heavy atom. The summed E-state index contributed by atoms with van der Waals surface area (Å²) < 4.78 is 47.1. The number of sulfonamides is 1. The van der Waals surface area contributed by atoms with E-state index in [0.717, 1.165) is 56.8 Å². The first kappa shape index (κ1) is 22.1. The zero-order valence-corrected chi connectivity index (χ0v) is 18.9. The molecule has 0 spiro atoms. The number of ether oxygens (including phenoxy) is 1. The maximum Gasteiger partial charge on any atom is 0.265 e. The van der Waals surface area contributed by atoms with Crippen LogP contribution in [0.1, 0.15) is 74.2 Å². The molecule has 1 aromatic rings. The second-order valence-electron chi connectivity index (χ2n) is 9.05. The lowest BCUT2D eigenvalue weighted by atomic mass is 9.71. The van der Waals surface area contributed by atoms with Gasteiger partial charge < -0.3 is 4.74 Å². The second kappa shape index (κ2) is 8.77. The number of allylic oxidation sites excluding steroid dienone is 4. The quantitative estimate of drug-likeness (QED) is 0.655. The molecule has 2 saturated carbocycles. The van der Waals surface area contributed by atoms with E-state index in [4.69, 9.17) is 4.74 Å². The molecule has 4 rings (SSSR count). The smallest absolute Gasteiger partial charge is 0.265 e. The molecule has 0 saturated heterocycles. The highest BCUT2D eigenvalue weighted by molar-refractivity contribution is 7.89. The maximum absolute atomic E-state index is 15.1. The summed E-state index contributed by atoms with van der Waals surface area (Å²) in [5.74, 6) is -0.270. The van der Waals surface area contributed by atoms with Gasteiger partial charge in [0.15, 0.2) is 0 Å². The van der Waals surface area contributed by atoms with Crippen molar-refractivity contribution >= 4 is 21.5 Å². The van der Waals surface area contributed by atoms with Crippen molar-refractivity contribution in [2.45, 2.75) is 64.4 Å². The number of carbonyl (C=O) groups excluding carboxylic acids is 1. The summed E-state index contributed by atoms with van der Waals surface area (Å²) in [6.45, 7) is 2.03. The van der Waals surface area contributed by atoms with Crippen LogP contribution < -0.4 is 9.46 Å². The van der Waals surface area contributed by atoms with Gasteiger partial charge in [-0.3, -0.25) is 4.79 Å². The van der Waals surface area contributed by atoms with Gasteiger partial charge in [0.1, 0.15) is 11.6 Å². The second-order valence-corrected chi connectivity index (χ2v) is 10.8. The van der Waals surface area contributed by atoms with Gasteiger partial charge in [0.05, 0.1) is 17.9 Å². The molecule has 1 aromatic carbocycles. The molecule has 31 heavy (non-hydrogen) atoms. The molecule has 0 heterocycles. The molecular weight excluding hydrogens is 417 g/mol. The largest absolute Gasteiger partial charge is 0.490 e. The maximum atomic E-state index is 15.1. The summed E-state index contributed by atoms with van der Waals surface area (Å²) in [4.78, 5) is 13.0. The van der Waals surface area contributed by atoms with Crippen LogP contribution in [0, 0.1) is 11.8 Å². The normalized spacial score (nSPS) is 22.8. The molecule has 1 N–H and O–H groups in total. The molecule has 0 aromatic heterocycles. The first-order valence-electron chi connectivity index (χ1n) is 11.2. The first-order chi connectivity index (χ1) is 14.7. The van der Waals surface area contributed by atoms with Crippen LogP contribution >= 0.6 is 0 Å². The fourth-order valence-corrected chi connectivity index (χ4v) is 5.35. The third kappa shape index (κ3) is 4.71. The van der Waals surface area contributed by atoms with Crippen LogP contribution in [0.5, 0.6) is 5.75 Å². The van der Waals surface area contributed by atoms with Crippen LogP contribution in [-0.4, -0.2) is 26.7 Å². The van der Waals surface area contributed by atoms with Crippen molar-refractivity contribution in [3.8, 4) is 5.75 Å². The topological polar surface area (TPSA) is 72.5 Å².